The molecule has 0 aliphatic rings. The van der Waals surface area contributed by atoms with Crippen molar-refractivity contribution in [2.45, 2.75) is 25.2 Å². The second-order valence-electron chi connectivity index (χ2n) is 6.51. The summed E-state index contributed by atoms with van der Waals surface area (Å²) in [5, 5.41) is 10.4. The molecule has 0 saturated heterocycles. The molecule has 2 aromatic carbocycles. The van der Waals surface area contributed by atoms with Gasteiger partial charge in [-0.25, -0.2) is 0 Å². The Kier molecular flexibility index (Phi) is 6.21. The summed E-state index contributed by atoms with van der Waals surface area (Å²) in [6, 6.07) is 15.3. The summed E-state index contributed by atoms with van der Waals surface area (Å²) >= 11 is 0. The number of carboxylic acids is 1. The van der Waals surface area contributed by atoms with E-state index in [1.807, 2.05) is 67.5 Å². The van der Waals surface area contributed by atoms with E-state index in [-0.39, 0.29) is 0 Å². The average Bonchev–Trinajstić information content (AvgIpc) is 2.62. The van der Waals surface area contributed by atoms with Crippen molar-refractivity contribution in [3.63, 3.8) is 0 Å². The Morgan fingerprint density at radius 2 is 1.88 bits per heavy atom. The molecule has 0 aromatic heterocycles. The minimum absolute atomic E-state index is 0.486. The van der Waals surface area contributed by atoms with Gasteiger partial charge in [-0.15, -0.1) is 0 Å². The Morgan fingerprint density at radius 3 is 2.48 bits per heavy atom. The maximum absolute atomic E-state index is 12.6. The molecule has 2 rings (SSSR count). The quantitative estimate of drug-likeness (QED) is 0.797. The van der Waals surface area contributed by atoms with Gasteiger partial charge in [0.25, 0.3) is 0 Å². The van der Waals surface area contributed by atoms with Gasteiger partial charge in [0.1, 0.15) is 11.2 Å². The number of benzene rings is 2. The van der Waals surface area contributed by atoms with Crippen LogP contribution in [0.25, 0.3) is 0 Å². The molecule has 4 nitrogen and oxygen atoms in total. The molecule has 1 N–H and O–H groups in total. The highest BCUT2D eigenvalue weighted by atomic mass is 16.5. The molecule has 0 aliphatic heterocycles. The van der Waals surface area contributed by atoms with E-state index in [2.05, 4.69) is 6.92 Å². The van der Waals surface area contributed by atoms with Crippen LogP contribution < -0.4 is 4.74 Å². The molecule has 0 bridgehead atoms. The maximum atomic E-state index is 12.6. The Morgan fingerprint density at radius 1 is 1.16 bits per heavy atom. The summed E-state index contributed by atoms with van der Waals surface area (Å²) in [6.07, 6.45) is 1.27. The number of hydrogen-bond acceptors (Lipinski definition) is 3. The highest BCUT2D eigenvalue weighted by molar-refractivity contribution is 5.87. The number of nitrogens with zero attached hydrogens (tertiary/aromatic N) is 1. The number of hydrogen-bond donors (Lipinski definition) is 1. The summed E-state index contributed by atoms with van der Waals surface area (Å²) in [5.41, 5.74) is 1.57. The van der Waals surface area contributed by atoms with E-state index in [4.69, 9.17) is 4.74 Å². The summed E-state index contributed by atoms with van der Waals surface area (Å²) in [6.45, 7) is 2.73. The Balaban J connectivity index is 2.73. The molecule has 1 unspecified atom stereocenters. The number of methoxy groups -OCH3 is 1. The second kappa shape index (κ2) is 8.17. The van der Waals surface area contributed by atoms with Crippen LogP contribution in [0, 0.1) is 0 Å². The Hall–Kier alpha value is -2.33. The largest absolute Gasteiger partial charge is 0.497 e. The van der Waals surface area contributed by atoms with Crippen LogP contribution in [0.3, 0.4) is 0 Å². The first-order valence-electron chi connectivity index (χ1n) is 8.56. The summed E-state index contributed by atoms with van der Waals surface area (Å²) in [5.74, 6) is -0.162. The van der Waals surface area contributed by atoms with Gasteiger partial charge in [0, 0.05) is 0 Å². The molecule has 2 aromatic rings. The van der Waals surface area contributed by atoms with Gasteiger partial charge in [0.15, 0.2) is 0 Å². The highest BCUT2D eigenvalue weighted by Crippen LogP contribution is 2.39. The first-order valence-corrected chi connectivity index (χ1v) is 8.56. The fraction of sp³-hybridized carbons (Fsp3) is 0.381. The molecule has 0 spiro atoms. The van der Waals surface area contributed by atoms with Crippen molar-refractivity contribution in [2.24, 2.45) is 0 Å². The monoisotopic (exact) mass is 341 g/mol. The van der Waals surface area contributed by atoms with Gasteiger partial charge in [-0.1, -0.05) is 43.3 Å². The van der Waals surface area contributed by atoms with E-state index < -0.39 is 11.4 Å². The van der Waals surface area contributed by atoms with Crippen molar-refractivity contribution < 1.29 is 14.6 Å². The zero-order valence-corrected chi connectivity index (χ0v) is 15.5. The number of rotatable bonds is 8. The predicted molar refractivity (Wildman–Crippen MR) is 100 cm³/mol. The third-order valence-electron chi connectivity index (χ3n) is 4.72. The third kappa shape index (κ3) is 3.85. The topological polar surface area (TPSA) is 49.8 Å². The van der Waals surface area contributed by atoms with Gasteiger partial charge in [-0.2, -0.15) is 0 Å². The zero-order chi connectivity index (χ0) is 18.4. The van der Waals surface area contributed by atoms with Gasteiger partial charge < -0.3 is 14.7 Å². The van der Waals surface area contributed by atoms with Crippen molar-refractivity contribution in [2.75, 3.05) is 27.7 Å². The van der Waals surface area contributed by atoms with Gasteiger partial charge in [0.05, 0.1) is 7.11 Å². The fourth-order valence-electron chi connectivity index (χ4n) is 3.30. The van der Waals surface area contributed by atoms with Gasteiger partial charge >= 0.3 is 5.97 Å². The second-order valence-corrected chi connectivity index (χ2v) is 6.51. The van der Waals surface area contributed by atoms with Crippen molar-refractivity contribution in [1.82, 2.24) is 4.90 Å². The fourth-order valence-corrected chi connectivity index (χ4v) is 3.30. The van der Waals surface area contributed by atoms with Crippen molar-refractivity contribution >= 4 is 5.97 Å². The normalized spacial score (nSPS) is 13.5. The van der Waals surface area contributed by atoms with Crippen LogP contribution in [0.4, 0.5) is 0 Å². The van der Waals surface area contributed by atoms with Crippen LogP contribution in [0.5, 0.6) is 5.75 Å². The van der Waals surface area contributed by atoms with E-state index in [1.165, 1.54) is 0 Å². The van der Waals surface area contributed by atoms with Crippen molar-refractivity contribution in [1.29, 1.82) is 0 Å². The van der Waals surface area contributed by atoms with E-state index in [1.54, 1.807) is 7.11 Å². The van der Waals surface area contributed by atoms with Crippen LogP contribution in [0.15, 0.2) is 48.5 Å². The van der Waals surface area contributed by atoms with Gasteiger partial charge in [-0.3, -0.25) is 4.79 Å². The summed E-state index contributed by atoms with van der Waals surface area (Å²) in [7, 11) is 5.52. The molecule has 0 amide bonds. The lowest BCUT2D eigenvalue weighted by Crippen LogP contribution is -2.40. The Bertz CT molecular complexity index is 727. The first kappa shape index (κ1) is 19.0. The number of carbonyl (C=O) groups is 1. The summed E-state index contributed by atoms with van der Waals surface area (Å²) in [4.78, 5) is 14.7. The third-order valence-corrected chi connectivity index (χ3v) is 4.72. The summed E-state index contributed by atoms with van der Waals surface area (Å²) < 4.78 is 5.34. The van der Waals surface area contributed by atoms with Crippen molar-refractivity contribution in [3.8, 4) is 5.75 Å². The minimum Gasteiger partial charge on any atom is -0.497 e. The van der Waals surface area contributed by atoms with E-state index in [0.29, 0.717) is 18.7 Å². The highest BCUT2D eigenvalue weighted by Gasteiger charge is 2.43. The molecule has 0 fully saturated rings. The molecule has 0 heterocycles. The standard InChI is InChI=1S/C21H27NO3/c1-5-16-9-6-7-12-19(16)21(20(23)24,13-14-22(2)3)17-10-8-11-18(15-17)25-4/h6-12,15H,5,13-14H2,1-4H3,(H,23,24). The number of aliphatic carboxylic acids is 1. The smallest absolute Gasteiger partial charge is 0.318 e. The van der Waals surface area contributed by atoms with Crippen molar-refractivity contribution in [3.05, 3.63) is 65.2 Å². The molecule has 0 radical (unpaired) electrons. The van der Waals surface area contributed by atoms with Crippen LogP contribution in [-0.4, -0.2) is 43.7 Å². The molecule has 4 heteroatoms. The van der Waals surface area contributed by atoms with Crippen LogP contribution in [-0.2, 0) is 16.6 Å². The Labute approximate surface area is 150 Å². The predicted octanol–water partition coefficient (Wildman–Crippen LogP) is 3.58. The first-order chi connectivity index (χ1) is 12.0. The van der Waals surface area contributed by atoms with Gasteiger partial charge in [-0.05, 0) is 62.3 Å². The molecule has 25 heavy (non-hydrogen) atoms. The SMILES string of the molecule is CCc1ccccc1C(CCN(C)C)(C(=O)O)c1cccc(OC)c1. The molecule has 0 aliphatic carbocycles. The maximum Gasteiger partial charge on any atom is 0.318 e. The molecular formula is C21H27NO3. The molecular weight excluding hydrogens is 314 g/mol. The van der Waals surface area contributed by atoms with E-state index in [0.717, 1.165) is 23.1 Å². The van der Waals surface area contributed by atoms with Crippen LogP contribution in [0.2, 0.25) is 0 Å². The number of carboxylic acid groups (broad SMARTS) is 1. The minimum atomic E-state index is -1.11. The lowest BCUT2D eigenvalue weighted by atomic mass is 9.70. The zero-order valence-electron chi connectivity index (χ0n) is 15.5. The van der Waals surface area contributed by atoms with E-state index in [9.17, 15) is 9.90 Å². The number of ether oxygens (including phenoxy) is 1. The average molecular weight is 341 g/mol. The lowest BCUT2D eigenvalue weighted by molar-refractivity contribution is -0.142. The molecule has 0 saturated carbocycles. The van der Waals surface area contributed by atoms with E-state index >= 15 is 0 Å². The van der Waals surface area contributed by atoms with Gasteiger partial charge in [0.2, 0.25) is 0 Å². The van der Waals surface area contributed by atoms with Crippen LogP contribution in [0.1, 0.15) is 30.0 Å². The number of aryl methyl sites for hydroxylation is 1. The molecule has 1 atom stereocenters. The lowest BCUT2D eigenvalue weighted by Gasteiger charge is -2.33. The van der Waals surface area contributed by atoms with Crippen LogP contribution >= 0.6 is 0 Å². The molecule has 134 valence electrons.